The van der Waals surface area contributed by atoms with E-state index in [4.69, 9.17) is 0 Å². The van der Waals surface area contributed by atoms with Crippen molar-refractivity contribution in [2.75, 3.05) is 5.32 Å². The number of amides is 1. The van der Waals surface area contributed by atoms with Crippen LogP contribution in [0.25, 0.3) is 0 Å². The number of thiazole rings is 1. The van der Waals surface area contributed by atoms with Crippen molar-refractivity contribution < 1.29 is 13.6 Å². The Hall–Kier alpha value is -1.82. The summed E-state index contributed by atoms with van der Waals surface area (Å²) in [5, 5.41) is 3.67. The number of hydrogen-bond acceptors (Lipinski definition) is 3. The summed E-state index contributed by atoms with van der Waals surface area (Å²) in [5.41, 5.74) is 1.37. The van der Waals surface area contributed by atoms with E-state index in [1.165, 1.54) is 6.07 Å². The second-order valence-electron chi connectivity index (χ2n) is 5.16. The highest BCUT2D eigenvalue weighted by Gasteiger charge is 2.27. The average molecular weight is 308 g/mol. The van der Waals surface area contributed by atoms with Gasteiger partial charge in [0.15, 0.2) is 11.6 Å². The number of carbonyl (C=O) groups excluding carboxylic acids is 1. The van der Waals surface area contributed by atoms with E-state index in [0.717, 1.165) is 40.6 Å². The van der Waals surface area contributed by atoms with Gasteiger partial charge >= 0.3 is 0 Å². The van der Waals surface area contributed by atoms with Crippen LogP contribution >= 0.6 is 11.3 Å². The van der Waals surface area contributed by atoms with Gasteiger partial charge < -0.3 is 5.32 Å². The molecule has 0 spiro atoms. The Labute approximate surface area is 125 Å². The molecular formula is C15H14F2N2OS. The second-order valence-corrected chi connectivity index (χ2v) is 6.45. The summed E-state index contributed by atoms with van der Waals surface area (Å²) in [6.07, 6.45) is 2.18. The van der Waals surface area contributed by atoms with Crippen LogP contribution in [0.3, 0.4) is 0 Å². The second kappa shape index (κ2) is 5.52. The predicted octanol–water partition coefficient (Wildman–Crippen LogP) is 3.47. The lowest BCUT2D eigenvalue weighted by Gasteiger charge is -2.20. The third kappa shape index (κ3) is 2.95. The van der Waals surface area contributed by atoms with E-state index in [9.17, 15) is 13.6 Å². The summed E-state index contributed by atoms with van der Waals surface area (Å²) < 4.78 is 26.0. The van der Waals surface area contributed by atoms with Crippen LogP contribution in [0.4, 0.5) is 14.5 Å². The number of aromatic nitrogens is 1. The molecule has 1 atom stereocenters. The molecule has 0 radical (unpaired) electrons. The third-order valence-corrected chi connectivity index (χ3v) is 4.64. The van der Waals surface area contributed by atoms with Crippen molar-refractivity contribution in [1.82, 2.24) is 4.98 Å². The van der Waals surface area contributed by atoms with Crippen molar-refractivity contribution in [3.63, 3.8) is 0 Å². The molecule has 0 saturated heterocycles. The molecule has 1 N–H and O–H groups in total. The zero-order valence-electron chi connectivity index (χ0n) is 11.5. The molecule has 21 heavy (non-hydrogen) atoms. The van der Waals surface area contributed by atoms with Crippen LogP contribution in [0, 0.1) is 24.5 Å². The Morgan fingerprint density at radius 1 is 1.38 bits per heavy atom. The molecule has 1 aromatic carbocycles. The Morgan fingerprint density at radius 2 is 2.19 bits per heavy atom. The molecule has 110 valence electrons. The monoisotopic (exact) mass is 308 g/mol. The number of benzene rings is 1. The van der Waals surface area contributed by atoms with Gasteiger partial charge in [0.1, 0.15) is 0 Å². The molecule has 1 amide bonds. The van der Waals surface area contributed by atoms with Gasteiger partial charge in [-0.3, -0.25) is 4.79 Å². The Morgan fingerprint density at radius 3 is 2.95 bits per heavy atom. The minimum atomic E-state index is -0.961. The van der Waals surface area contributed by atoms with Crippen molar-refractivity contribution in [3.05, 3.63) is 45.4 Å². The highest BCUT2D eigenvalue weighted by atomic mass is 32.1. The topological polar surface area (TPSA) is 42.0 Å². The normalized spacial score (nSPS) is 17.4. The van der Waals surface area contributed by atoms with Crippen LogP contribution in [0.2, 0.25) is 0 Å². The fraction of sp³-hybridized carbons (Fsp3) is 0.333. The van der Waals surface area contributed by atoms with E-state index in [1.807, 2.05) is 6.92 Å². The number of carbonyl (C=O) groups is 1. The molecule has 1 aromatic heterocycles. The standard InChI is InChI=1S/C15H14F2N2OS/c1-8-18-13-5-2-9(6-14(13)21-8)15(20)19-10-3-4-11(16)12(17)7-10/h3-4,7,9H,2,5-6H2,1H3,(H,19,20). The molecule has 1 aliphatic rings. The van der Waals surface area contributed by atoms with Crippen molar-refractivity contribution >= 4 is 22.9 Å². The molecule has 6 heteroatoms. The zero-order chi connectivity index (χ0) is 15.0. The molecule has 0 fully saturated rings. The maximum atomic E-state index is 13.1. The Kier molecular flexibility index (Phi) is 3.71. The third-order valence-electron chi connectivity index (χ3n) is 3.60. The van der Waals surface area contributed by atoms with Gasteiger partial charge in [0.05, 0.1) is 10.7 Å². The van der Waals surface area contributed by atoms with Crippen molar-refractivity contribution in [2.45, 2.75) is 26.2 Å². The molecular weight excluding hydrogens is 294 g/mol. The number of nitrogens with zero attached hydrogens (tertiary/aromatic N) is 1. The molecule has 1 aliphatic carbocycles. The van der Waals surface area contributed by atoms with Gasteiger partial charge in [0, 0.05) is 22.5 Å². The van der Waals surface area contributed by atoms with E-state index in [-0.39, 0.29) is 17.5 Å². The minimum absolute atomic E-state index is 0.148. The summed E-state index contributed by atoms with van der Waals surface area (Å²) in [7, 11) is 0. The average Bonchev–Trinajstić information content (AvgIpc) is 2.82. The molecule has 1 heterocycles. The maximum Gasteiger partial charge on any atom is 0.227 e. The summed E-state index contributed by atoms with van der Waals surface area (Å²) >= 11 is 1.62. The summed E-state index contributed by atoms with van der Waals surface area (Å²) in [6, 6.07) is 3.37. The summed E-state index contributed by atoms with van der Waals surface area (Å²) in [6.45, 7) is 1.96. The highest BCUT2D eigenvalue weighted by molar-refractivity contribution is 7.11. The fourth-order valence-electron chi connectivity index (χ4n) is 2.55. The van der Waals surface area contributed by atoms with Crippen LogP contribution in [-0.4, -0.2) is 10.9 Å². The number of nitrogens with one attached hydrogen (secondary N) is 1. The first-order chi connectivity index (χ1) is 10.0. The fourth-order valence-corrected chi connectivity index (χ4v) is 3.61. The van der Waals surface area contributed by atoms with Gasteiger partial charge in [0.25, 0.3) is 0 Å². The van der Waals surface area contributed by atoms with Crippen LogP contribution in [0.15, 0.2) is 18.2 Å². The quantitative estimate of drug-likeness (QED) is 0.923. The first kappa shape index (κ1) is 14.1. The summed E-state index contributed by atoms with van der Waals surface area (Å²) in [4.78, 5) is 17.8. The number of halogens is 2. The van der Waals surface area contributed by atoms with Crippen molar-refractivity contribution in [2.24, 2.45) is 5.92 Å². The SMILES string of the molecule is Cc1nc2c(s1)CC(C(=O)Nc1ccc(F)c(F)c1)CC2. The number of fused-ring (bicyclic) bond motifs is 1. The van der Waals surface area contributed by atoms with Gasteiger partial charge in [-0.15, -0.1) is 11.3 Å². The Bertz CT molecular complexity index is 699. The minimum Gasteiger partial charge on any atom is -0.326 e. The van der Waals surface area contributed by atoms with Gasteiger partial charge in [-0.05, 0) is 38.3 Å². The van der Waals surface area contributed by atoms with Gasteiger partial charge in [-0.2, -0.15) is 0 Å². The molecule has 0 aliphatic heterocycles. The van der Waals surface area contributed by atoms with Crippen LogP contribution in [-0.2, 0) is 17.6 Å². The largest absolute Gasteiger partial charge is 0.326 e. The number of rotatable bonds is 2. The predicted molar refractivity (Wildman–Crippen MR) is 77.4 cm³/mol. The molecule has 2 aromatic rings. The lowest BCUT2D eigenvalue weighted by Crippen LogP contribution is -2.27. The van der Waals surface area contributed by atoms with Crippen LogP contribution < -0.4 is 5.32 Å². The number of anilines is 1. The van der Waals surface area contributed by atoms with E-state index in [1.54, 1.807) is 11.3 Å². The van der Waals surface area contributed by atoms with Gasteiger partial charge in [0.2, 0.25) is 5.91 Å². The molecule has 1 unspecified atom stereocenters. The van der Waals surface area contributed by atoms with Crippen LogP contribution in [0.5, 0.6) is 0 Å². The van der Waals surface area contributed by atoms with Crippen molar-refractivity contribution in [1.29, 1.82) is 0 Å². The highest BCUT2D eigenvalue weighted by Crippen LogP contribution is 2.30. The zero-order valence-corrected chi connectivity index (χ0v) is 12.3. The van der Waals surface area contributed by atoms with Crippen molar-refractivity contribution in [3.8, 4) is 0 Å². The van der Waals surface area contributed by atoms with Gasteiger partial charge in [-0.1, -0.05) is 0 Å². The van der Waals surface area contributed by atoms with Crippen LogP contribution in [0.1, 0.15) is 22.0 Å². The lowest BCUT2D eigenvalue weighted by molar-refractivity contribution is -0.120. The number of aryl methyl sites for hydroxylation is 2. The smallest absolute Gasteiger partial charge is 0.227 e. The Balaban J connectivity index is 1.70. The first-order valence-electron chi connectivity index (χ1n) is 6.74. The molecule has 0 saturated carbocycles. The molecule has 3 nitrogen and oxygen atoms in total. The molecule has 3 rings (SSSR count). The van der Waals surface area contributed by atoms with E-state index in [2.05, 4.69) is 10.3 Å². The first-order valence-corrected chi connectivity index (χ1v) is 7.55. The molecule has 0 bridgehead atoms. The van der Waals surface area contributed by atoms with E-state index in [0.29, 0.717) is 6.42 Å². The van der Waals surface area contributed by atoms with E-state index >= 15 is 0 Å². The number of hydrogen-bond donors (Lipinski definition) is 1. The lowest BCUT2D eigenvalue weighted by atomic mass is 9.90. The summed E-state index contributed by atoms with van der Waals surface area (Å²) in [5.74, 6) is -2.18. The van der Waals surface area contributed by atoms with E-state index < -0.39 is 11.6 Å². The van der Waals surface area contributed by atoms with Gasteiger partial charge in [-0.25, -0.2) is 13.8 Å². The maximum absolute atomic E-state index is 13.1.